The van der Waals surface area contributed by atoms with Crippen molar-refractivity contribution in [3.63, 3.8) is 0 Å². The summed E-state index contributed by atoms with van der Waals surface area (Å²) in [5, 5.41) is 5.50. The molecule has 3 rings (SSSR count). The van der Waals surface area contributed by atoms with Crippen molar-refractivity contribution in [1.29, 1.82) is 0 Å². The summed E-state index contributed by atoms with van der Waals surface area (Å²) in [5.41, 5.74) is 3.31. The second kappa shape index (κ2) is 9.82. The predicted molar refractivity (Wildman–Crippen MR) is 112 cm³/mol. The molecule has 0 spiro atoms. The van der Waals surface area contributed by atoms with Crippen molar-refractivity contribution in [2.45, 2.75) is 13.5 Å². The van der Waals surface area contributed by atoms with Crippen LogP contribution in [0.15, 0.2) is 46.9 Å². The van der Waals surface area contributed by atoms with Crippen molar-refractivity contribution in [3.8, 4) is 0 Å². The van der Waals surface area contributed by atoms with Gasteiger partial charge in [-0.05, 0) is 48.4 Å². The first-order valence-electron chi connectivity index (χ1n) is 9.24. The molecular weight excluding hydrogens is 422 g/mol. The minimum atomic E-state index is -0.261. The number of aryl methyl sites for hydroxylation is 1. The van der Waals surface area contributed by atoms with Crippen LogP contribution in [0, 0.1) is 6.92 Å². The molecule has 1 heterocycles. The number of benzene rings is 2. The lowest BCUT2D eigenvalue weighted by molar-refractivity contribution is -0.115. The fourth-order valence-corrected chi connectivity index (χ4v) is 3.53. The molecule has 2 aromatic carbocycles. The summed E-state index contributed by atoms with van der Waals surface area (Å²) in [6, 6.07) is 13.1. The summed E-state index contributed by atoms with van der Waals surface area (Å²) in [6.07, 6.45) is 0. The molecule has 1 fully saturated rings. The van der Waals surface area contributed by atoms with Crippen molar-refractivity contribution in [2.75, 3.05) is 38.2 Å². The molecule has 0 atom stereocenters. The first-order chi connectivity index (χ1) is 13.5. The summed E-state index contributed by atoms with van der Waals surface area (Å²) in [5.74, 6) is -0.519. The molecule has 0 saturated carbocycles. The fraction of sp³-hybridized carbons (Fsp3) is 0.333. The van der Waals surface area contributed by atoms with E-state index in [1.165, 1.54) is 0 Å². The van der Waals surface area contributed by atoms with E-state index < -0.39 is 0 Å². The second-order valence-corrected chi connectivity index (χ2v) is 7.69. The number of hydrogen-bond acceptors (Lipinski definition) is 4. The van der Waals surface area contributed by atoms with Crippen LogP contribution in [0.3, 0.4) is 0 Å². The smallest absolute Gasteiger partial charge is 0.251 e. The van der Waals surface area contributed by atoms with Crippen LogP contribution in [0.1, 0.15) is 21.5 Å². The minimum absolute atomic E-state index is 0.0813. The Hall–Kier alpha value is -2.22. The zero-order chi connectivity index (χ0) is 19.9. The number of anilines is 1. The molecule has 0 aromatic heterocycles. The van der Waals surface area contributed by atoms with Crippen LogP contribution in [-0.4, -0.2) is 49.6 Å². The lowest BCUT2D eigenvalue weighted by atomic mass is 10.1. The molecule has 1 aliphatic rings. The largest absolute Gasteiger partial charge is 0.379 e. The van der Waals surface area contributed by atoms with E-state index in [-0.39, 0.29) is 18.4 Å². The number of amides is 2. The number of nitrogens with one attached hydrogen (secondary N) is 2. The maximum atomic E-state index is 12.4. The van der Waals surface area contributed by atoms with E-state index in [1.807, 2.05) is 43.3 Å². The van der Waals surface area contributed by atoms with Crippen molar-refractivity contribution >= 4 is 33.4 Å². The van der Waals surface area contributed by atoms with Gasteiger partial charge in [-0.25, -0.2) is 0 Å². The molecule has 0 bridgehead atoms. The Balaban J connectivity index is 1.52. The number of rotatable bonds is 6. The Bertz CT molecular complexity index is 851. The second-order valence-electron chi connectivity index (χ2n) is 6.78. The molecule has 6 nitrogen and oxygen atoms in total. The minimum Gasteiger partial charge on any atom is -0.379 e. The standard InChI is InChI=1S/C21H24BrN3O3/c1-15-11-18(22)5-6-19(15)24-20(26)13-23-21(27)17-4-2-3-16(12-17)14-25-7-9-28-10-8-25/h2-6,11-12H,7-10,13-14H2,1H3,(H,23,27)(H,24,26). The molecular formula is C21H24BrN3O3. The number of carbonyl (C=O) groups is 2. The summed E-state index contributed by atoms with van der Waals surface area (Å²) in [7, 11) is 0. The number of nitrogens with zero attached hydrogens (tertiary/aromatic N) is 1. The highest BCUT2D eigenvalue weighted by Crippen LogP contribution is 2.19. The van der Waals surface area contributed by atoms with Gasteiger partial charge in [-0.15, -0.1) is 0 Å². The van der Waals surface area contributed by atoms with E-state index >= 15 is 0 Å². The van der Waals surface area contributed by atoms with Gasteiger partial charge in [-0.3, -0.25) is 14.5 Å². The normalized spacial score (nSPS) is 14.5. The molecule has 1 saturated heterocycles. The highest BCUT2D eigenvalue weighted by atomic mass is 79.9. The van der Waals surface area contributed by atoms with Gasteiger partial charge in [0, 0.05) is 35.4 Å². The van der Waals surface area contributed by atoms with Gasteiger partial charge in [0.15, 0.2) is 0 Å². The summed E-state index contributed by atoms with van der Waals surface area (Å²) >= 11 is 3.40. The third-order valence-electron chi connectivity index (χ3n) is 4.57. The van der Waals surface area contributed by atoms with Gasteiger partial charge < -0.3 is 15.4 Å². The van der Waals surface area contributed by atoms with E-state index in [9.17, 15) is 9.59 Å². The van der Waals surface area contributed by atoms with Gasteiger partial charge >= 0.3 is 0 Å². The summed E-state index contributed by atoms with van der Waals surface area (Å²) < 4.78 is 6.32. The van der Waals surface area contributed by atoms with Gasteiger partial charge in [-0.2, -0.15) is 0 Å². The van der Waals surface area contributed by atoms with Crippen LogP contribution in [-0.2, 0) is 16.1 Å². The van der Waals surface area contributed by atoms with Crippen molar-refractivity contribution in [3.05, 3.63) is 63.6 Å². The summed E-state index contributed by atoms with van der Waals surface area (Å²) in [6.45, 7) is 5.90. The fourth-order valence-electron chi connectivity index (χ4n) is 3.05. The van der Waals surface area contributed by atoms with Crippen LogP contribution in [0.2, 0.25) is 0 Å². The SMILES string of the molecule is Cc1cc(Br)ccc1NC(=O)CNC(=O)c1cccc(CN2CCOCC2)c1. The van der Waals surface area contributed by atoms with Gasteiger partial charge in [0.1, 0.15) is 0 Å². The molecule has 2 N–H and O–H groups in total. The van der Waals surface area contributed by atoms with Crippen molar-refractivity contribution in [2.24, 2.45) is 0 Å². The van der Waals surface area contributed by atoms with E-state index in [2.05, 4.69) is 31.5 Å². The average molecular weight is 446 g/mol. The number of morpholine rings is 1. The molecule has 7 heteroatoms. The third kappa shape index (κ3) is 5.89. The zero-order valence-electron chi connectivity index (χ0n) is 15.8. The van der Waals surface area contributed by atoms with E-state index in [0.29, 0.717) is 5.56 Å². The number of hydrogen-bond donors (Lipinski definition) is 2. The average Bonchev–Trinajstić information content (AvgIpc) is 2.69. The topological polar surface area (TPSA) is 70.7 Å². The van der Waals surface area contributed by atoms with E-state index in [0.717, 1.165) is 54.1 Å². The molecule has 148 valence electrons. The lowest BCUT2D eigenvalue weighted by Crippen LogP contribution is -2.35. The molecule has 0 aliphatic carbocycles. The molecule has 0 radical (unpaired) electrons. The van der Waals surface area contributed by atoms with Gasteiger partial charge in [0.25, 0.3) is 5.91 Å². The van der Waals surface area contributed by atoms with Gasteiger partial charge in [-0.1, -0.05) is 28.1 Å². The molecule has 2 aromatic rings. The number of carbonyl (C=O) groups excluding carboxylic acids is 2. The highest BCUT2D eigenvalue weighted by molar-refractivity contribution is 9.10. The quantitative estimate of drug-likeness (QED) is 0.716. The number of ether oxygens (including phenoxy) is 1. The van der Waals surface area contributed by atoms with Crippen LogP contribution in [0.4, 0.5) is 5.69 Å². The molecule has 1 aliphatic heterocycles. The Morgan fingerprint density at radius 1 is 1.14 bits per heavy atom. The van der Waals surface area contributed by atoms with E-state index in [4.69, 9.17) is 4.74 Å². The monoisotopic (exact) mass is 445 g/mol. The van der Waals surface area contributed by atoms with Crippen molar-refractivity contribution < 1.29 is 14.3 Å². The lowest BCUT2D eigenvalue weighted by Gasteiger charge is -2.26. The van der Waals surface area contributed by atoms with Crippen LogP contribution >= 0.6 is 15.9 Å². The van der Waals surface area contributed by atoms with Gasteiger partial charge in [0.05, 0.1) is 19.8 Å². The van der Waals surface area contributed by atoms with Crippen molar-refractivity contribution in [1.82, 2.24) is 10.2 Å². The predicted octanol–water partition coefficient (Wildman–Crippen LogP) is 2.96. The van der Waals surface area contributed by atoms with Crippen LogP contribution in [0.25, 0.3) is 0 Å². The Labute approximate surface area is 173 Å². The Morgan fingerprint density at radius 3 is 2.68 bits per heavy atom. The Kier molecular flexibility index (Phi) is 7.19. The first kappa shape index (κ1) is 20.5. The molecule has 2 amide bonds. The molecule has 0 unspecified atom stereocenters. The van der Waals surface area contributed by atoms with Crippen LogP contribution in [0.5, 0.6) is 0 Å². The highest BCUT2D eigenvalue weighted by Gasteiger charge is 2.13. The molecule has 28 heavy (non-hydrogen) atoms. The first-order valence-corrected chi connectivity index (χ1v) is 10.0. The third-order valence-corrected chi connectivity index (χ3v) is 5.06. The Morgan fingerprint density at radius 2 is 1.93 bits per heavy atom. The number of halogens is 1. The zero-order valence-corrected chi connectivity index (χ0v) is 17.4. The van der Waals surface area contributed by atoms with E-state index in [1.54, 1.807) is 6.07 Å². The maximum absolute atomic E-state index is 12.4. The van der Waals surface area contributed by atoms with Crippen LogP contribution < -0.4 is 10.6 Å². The summed E-state index contributed by atoms with van der Waals surface area (Å²) in [4.78, 5) is 26.9. The maximum Gasteiger partial charge on any atom is 0.251 e. The van der Waals surface area contributed by atoms with Gasteiger partial charge in [0.2, 0.25) is 5.91 Å².